The molecule has 33 heavy (non-hydrogen) atoms. The number of halogens is 1. The summed E-state index contributed by atoms with van der Waals surface area (Å²) in [6.45, 7) is 0.453. The molecule has 0 atom stereocenters. The first kappa shape index (κ1) is 20.4. The molecule has 0 unspecified atom stereocenters. The Hall–Kier alpha value is -4.52. The molecule has 0 aliphatic rings. The summed E-state index contributed by atoms with van der Waals surface area (Å²) < 4.78 is 20.2. The summed E-state index contributed by atoms with van der Waals surface area (Å²) in [6.07, 6.45) is 1.45. The van der Waals surface area contributed by atoms with Gasteiger partial charge in [0.05, 0.1) is 12.8 Å². The molecule has 0 aliphatic carbocycles. The fourth-order valence-electron chi connectivity index (χ4n) is 3.44. The number of carbonyl (C=O) groups is 1. The Balaban J connectivity index is 1.43. The van der Waals surface area contributed by atoms with Crippen LogP contribution in [0, 0.1) is 5.82 Å². The Morgan fingerprint density at radius 2 is 1.64 bits per heavy atom. The number of anilines is 1. The molecule has 1 amide bonds. The van der Waals surface area contributed by atoms with Crippen molar-refractivity contribution in [2.75, 3.05) is 5.32 Å². The molecule has 6 nitrogen and oxygen atoms in total. The molecule has 0 radical (unpaired) electrons. The first-order valence-electron chi connectivity index (χ1n) is 10.4. The zero-order valence-electron chi connectivity index (χ0n) is 17.5. The lowest BCUT2D eigenvalue weighted by atomic mass is 10.2. The number of amides is 1. The number of rotatable bonds is 6. The SMILES string of the molecule is O=C(Nc1ccc(-c2nc(-c3ccccc3)n(Cc3ccc(F)cc3)n2)cc1)c1ccco1. The van der Waals surface area contributed by atoms with Gasteiger partial charge in [0.25, 0.3) is 5.91 Å². The molecule has 0 saturated heterocycles. The fourth-order valence-corrected chi connectivity index (χ4v) is 3.44. The first-order chi connectivity index (χ1) is 16.2. The van der Waals surface area contributed by atoms with E-state index >= 15 is 0 Å². The molecule has 0 bridgehead atoms. The summed E-state index contributed by atoms with van der Waals surface area (Å²) in [7, 11) is 0. The van der Waals surface area contributed by atoms with E-state index in [2.05, 4.69) is 5.32 Å². The molecular weight excluding hydrogens is 419 g/mol. The van der Waals surface area contributed by atoms with Gasteiger partial charge in [-0.3, -0.25) is 4.79 Å². The molecule has 0 fully saturated rings. The van der Waals surface area contributed by atoms with Crippen molar-refractivity contribution in [3.05, 3.63) is 114 Å². The van der Waals surface area contributed by atoms with Crippen LogP contribution in [0.4, 0.5) is 10.1 Å². The maximum absolute atomic E-state index is 13.3. The molecule has 5 rings (SSSR count). The van der Waals surface area contributed by atoms with Gasteiger partial charge in [0.15, 0.2) is 17.4 Å². The predicted molar refractivity (Wildman–Crippen MR) is 123 cm³/mol. The second-order valence-electron chi connectivity index (χ2n) is 7.42. The van der Waals surface area contributed by atoms with Crippen molar-refractivity contribution >= 4 is 11.6 Å². The predicted octanol–water partition coefficient (Wildman–Crippen LogP) is 5.64. The zero-order valence-corrected chi connectivity index (χ0v) is 17.5. The number of nitrogens with zero attached hydrogens (tertiary/aromatic N) is 3. The Labute approximate surface area is 189 Å². The van der Waals surface area contributed by atoms with Crippen LogP contribution in [0.2, 0.25) is 0 Å². The Morgan fingerprint density at radius 3 is 2.33 bits per heavy atom. The highest BCUT2D eigenvalue weighted by molar-refractivity contribution is 6.02. The first-order valence-corrected chi connectivity index (χ1v) is 10.4. The van der Waals surface area contributed by atoms with E-state index in [1.807, 2.05) is 47.1 Å². The van der Waals surface area contributed by atoms with Gasteiger partial charge >= 0.3 is 0 Å². The van der Waals surface area contributed by atoms with E-state index in [9.17, 15) is 9.18 Å². The van der Waals surface area contributed by atoms with E-state index in [0.717, 1.165) is 16.7 Å². The van der Waals surface area contributed by atoms with E-state index in [0.29, 0.717) is 23.9 Å². The third-order valence-electron chi connectivity index (χ3n) is 5.10. The van der Waals surface area contributed by atoms with Crippen LogP contribution < -0.4 is 5.32 Å². The number of hydrogen-bond donors (Lipinski definition) is 1. The molecular formula is C26H19FN4O2. The molecule has 2 heterocycles. The minimum Gasteiger partial charge on any atom is -0.459 e. The summed E-state index contributed by atoms with van der Waals surface area (Å²) in [6, 6.07) is 26.7. The number of nitrogens with one attached hydrogen (secondary N) is 1. The molecule has 1 N–H and O–H groups in total. The standard InChI is InChI=1S/C26H19FN4O2/c27-21-12-8-18(9-13-21)17-31-25(20-5-2-1-3-6-20)29-24(30-31)19-10-14-22(15-11-19)28-26(32)23-7-4-16-33-23/h1-16H,17H2,(H,28,32). The van der Waals surface area contributed by atoms with E-state index < -0.39 is 0 Å². The number of hydrogen-bond acceptors (Lipinski definition) is 4. The van der Waals surface area contributed by atoms with Crippen molar-refractivity contribution in [1.29, 1.82) is 0 Å². The normalized spacial score (nSPS) is 10.8. The van der Waals surface area contributed by atoms with Crippen molar-refractivity contribution in [3.63, 3.8) is 0 Å². The van der Waals surface area contributed by atoms with Crippen molar-refractivity contribution < 1.29 is 13.6 Å². The summed E-state index contributed by atoms with van der Waals surface area (Å²) in [5.74, 6) is 0.916. The van der Waals surface area contributed by atoms with Gasteiger partial charge in [0, 0.05) is 16.8 Å². The molecule has 0 spiro atoms. The van der Waals surface area contributed by atoms with Crippen molar-refractivity contribution in [2.24, 2.45) is 0 Å². The number of aromatic nitrogens is 3. The van der Waals surface area contributed by atoms with Crippen LogP contribution in [-0.2, 0) is 6.54 Å². The number of benzene rings is 3. The van der Waals surface area contributed by atoms with E-state index in [-0.39, 0.29) is 17.5 Å². The minimum atomic E-state index is -0.319. The lowest BCUT2D eigenvalue weighted by Crippen LogP contribution is -2.10. The second-order valence-corrected chi connectivity index (χ2v) is 7.42. The Bertz CT molecular complexity index is 1360. The lowest BCUT2D eigenvalue weighted by molar-refractivity contribution is 0.0996. The van der Waals surface area contributed by atoms with Gasteiger partial charge in [-0.2, -0.15) is 5.10 Å². The van der Waals surface area contributed by atoms with E-state index in [4.69, 9.17) is 14.5 Å². The van der Waals surface area contributed by atoms with Gasteiger partial charge in [-0.1, -0.05) is 42.5 Å². The van der Waals surface area contributed by atoms with Crippen LogP contribution >= 0.6 is 0 Å². The molecule has 162 valence electrons. The van der Waals surface area contributed by atoms with Crippen LogP contribution in [0.1, 0.15) is 16.1 Å². The van der Waals surface area contributed by atoms with Crippen molar-refractivity contribution in [3.8, 4) is 22.8 Å². The summed E-state index contributed by atoms with van der Waals surface area (Å²) in [5, 5.41) is 7.51. The molecule has 7 heteroatoms. The topological polar surface area (TPSA) is 73.0 Å². The van der Waals surface area contributed by atoms with Gasteiger partial charge in [0.2, 0.25) is 0 Å². The zero-order chi connectivity index (χ0) is 22.6. The van der Waals surface area contributed by atoms with Gasteiger partial charge in [-0.05, 0) is 54.1 Å². The fraction of sp³-hybridized carbons (Fsp3) is 0.0385. The average Bonchev–Trinajstić information content (AvgIpc) is 3.52. The number of carbonyl (C=O) groups excluding carboxylic acids is 1. The number of furan rings is 1. The van der Waals surface area contributed by atoms with E-state index in [1.54, 1.807) is 36.4 Å². The van der Waals surface area contributed by atoms with Gasteiger partial charge in [0.1, 0.15) is 5.82 Å². The van der Waals surface area contributed by atoms with E-state index in [1.165, 1.54) is 18.4 Å². The lowest BCUT2D eigenvalue weighted by Gasteiger charge is -2.06. The third kappa shape index (κ3) is 4.57. The molecule has 5 aromatic rings. The smallest absolute Gasteiger partial charge is 0.291 e. The van der Waals surface area contributed by atoms with Crippen LogP contribution in [0.15, 0.2) is 102 Å². The largest absolute Gasteiger partial charge is 0.459 e. The van der Waals surface area contributed by atoms with Gasteiger partial charge < -0.3 is 9.73 Å². The summed E-state index contributed by atoms with van der Waals surface area (Å²) >= 11 is 0. The maximum Gasteiger partial charge on any atom is 0.291 e. The van der Waals surface area contributed by atoms with Crippen LogP contribution in [0.3, 0.4) is 0 Å². The van der Waals surface area contributed by atoms with Crippen LogP contribution in [0.25, 0.3) is 22.8 Å². The Morgan fingerprint density at radius 1 is 0.879 bits per heavy atom. The van der Waals surface area contributed by atoms with Gasteiger partial charge in [-0.15, -0.1) is 0 Å². The van der Waals surface area contributed by atoms with Gasteiger partial charge in [-0.25, -0.2) is 14.1 Å². The maximum atomic E-state index is 13.3. The van der Waals surface area contributed by atoms with Crippen molar-refractivity contribution in [1.82, 2.24) is 14.8 Å². The monoisotopic (exact) mass is 438 g/mol. The Kier molecular flexibility index (Phi) is 5.51. The molecule has 3 aromatic carbocycles. The third-order valence-corrected chi connectivity index (χ3v) is 5.10. The quantitative estimate of drug-likeness (QED) is 0.372. The van der Waals surface area contributed by atoms with Crippen molar-refractivity contribution in [2.45, 2.75) is 6.54 Å². The summed E-state index contributed by atoms with van der Waals surface area (Å²) in [5.41, 5.74) is 3.29. The van der Waals surface area contributed by atoms with Crippen LogP contribution in [-0.4, -0.2) is 20.7 Å². The summed E-state index contributed by atoms with van der Waals surface area (Å²) in [4.78, 5) is 16.9. The average molecular weight is 438 g/mol. The molecule has 2 aromatic heterocycles. The highest BCUT2D eigenvalue weighted by Gasteiger charge is 2.15. The molecule has 0 saturated carbocycles. The second kappa shape index (κ2) is 8.92. The minimum absolute atomic E-state index is 0.243. The highest BCUT2D eigenvalue weighted by atomic mass is 19.1. The molecule has 0 aliphatic heterocycles. The van der Waals surface area contributed by atoms with Crippen LogP contribution in [0.5, 0.6) is 0 Å². The highest BCUT2D eigenvalue weighted by Crippen LogP contribution is 2.24.